The van der Waals surface area contributed by atoms with Crippen LogP contribution in [0.2, 0.25) is 0 Å². The first kappa shape index (κ1) is 12.3. The van der Waals surface area contributed by atoms with Crippen LogP contribution in [0.5, 0.6) is 0 Å². The summed E-state index contributed by atoms with van der Waals surface area (Å²) in [6.07, 6.45) is 3.01. The Balaban J connectivity index is 1.83. The molecule has 0 saturated carbocycles. The fourth-order valence-electron chi connectivity index (χ4n) is 2.41. The maximum atomic E-state index is 5.64. The van der Waals surface area contributed by atoms with Gasteiger partial charge in [-0.05, 0) is 39.0 Å². The van der Waals surface area contributed by atoms with E-state index in [1.165, 1.54) is 19.5 Å². The van der Waals surface area contributed by atoms with E-state index in [2.05, 4.69) is 33.9 Å². The van der Waals surface area contributed by atoms with Gasteiger partial charge in [0, 0.05) is 19.3 Å². The van der Waals surface area contributed by atoms with Gasteiger partial charge >= 0.3 is 0 Å². The van der Waals surface area contributed by atoms with E-state index in [-0.39, 0.29) is 0 Å². The smallest absolute Gasteiger partial charge is 0.144 e. The highest BCUT2D eigenvalue weighted by Crippen LogP contribution is 2.15. The third-order valence-corrected chi connectivity index (χ3v) is 3.20. The lowest BCUT2D eigenvalue weighted by molar-refractivity contribution is 0.262. The molecule has 1 saturated heterocycles. The predicted molar refractivity (Wildman–Crippen MR) is 68.4 cm³/mol. The molecule has 1 aromatic rings. The minimum absolute atomic E-state index is 0.545. The number of likely N-dealkylation sites (tertiary alicyclic amines) is 1. The number of hydrogen-bond donors (Lipinski definition) is 1. The van der Waals surface area contributed by atoms with Crippen LogP contribution in [0.4, 0.5) is 5.82 Å². The van der Waals surface area contributed by atoms with Gasteiger partial charge in [0.1, 0.15) is 11.6 Å². The van der Waals surface area contributed by atoms with Crippen LogP contribution in [0.3, 0.4) is 0 Å². The van der Waals surface area contributed by atoms with E-state index in [1.807, 2.05) is 0 Å². The van der Waals surface area contributed by atoms with Crippen molar-refractivity contribution in [2.75, 3.05) is 39.5 Å². The average molecular weight is 235 g/mol. The minimum atomic E-state index is 0.545. The van der Waals surface area contributed by atoms with Crippen LogP contribution < -0.4 is 5.73 Å². The van der Waals surface area contributed by atoms with Crippen LogP contribution in [0.25, 0.3) is 0 Å². The molecule has 2 N–H and O–H groups in total. The van der Waals surface area contributed by atoms with E-state index >= 15 is 0 Å². The van der Waals surface area contributed by atoms with E-state index in [0.717, 1.165) is 24.8 Å². The lowest BCUT2D eigenvalue weighted by Crippen LogP contribution is -2.27. The minimum Gasteiger partial charge on any atom is -0.384 e. The van der Waals surface area contributed by atoms with E-state index in [4.69, 9.17) is 5.73 Å². The summed E-state index contributed by atoms with van der Waals surface area (Å²) in [5, 5.41) is 0. The van der Waals surface area contributed by atoms with Crippen LogP contribution in [0, 0.1) is 5.92 Å². The van der Waals surface area contributed by atoms with Crippen molar-refractivity contribution in [1.29, 1.82) is 0 Å². The van der Waals surface area contributed by atoms with Gasteiger partial charge in [-0.2, -0.15) is 0 Å². The molecule has 0 radical (unpaired) electrons. The lowest BCUT2D eigenvalue weighted by Gasteiger charge is -2.20. The van der Waals surface area contributed by atoms with Crippen LogP contribution in [0.1, 0.15) is 12.2 Å². The molecular weight excluding hydrogens is 214 g/mol. The molecule has 1 aromatic heterocycles. The van der Waals surface area contributed by atoms with Crippen molar-refractivity contribution in [2.45, 2.75) is 13.0 Å². The van der Waals surface area contributed by atoms with Gasteiger partial charge in [0.05, 0.1) is 6.54 Å². The van der Waals surface area contributed by atoms with Crippen molar-refractivity contribution in [3.05, 3.63) is 18.1 Å². The predicted octanol–water partition coefficient (Wildman–Crippen LogP) is 0.442. The fraction of sp³-hybridized carbons (Fsp3) is 0.667. The molecule has 0 aromatic carbocycles. The summed E-state index contributed by atoms with van der Waals surface area (Å²) >= 11 is 0. The Kier molecular flexibility index (Phi) is 3.91. The topological polar surface area (TPSA) is 58.3 Å². The molecule has 1 unspecified atom stereocenters. The van der Waals surface area contributed by atoms with Gasteiger partial charge in [-0.1, -0.05) is 0 Å². The number of rotatable bonds is 4. The van der Waals surface area contributed by atoms with Crippen molar-refractivity contribution < 1.29 is 0 Å². The zero-order valence-electron chi connectivity index (χ0n) is 10.6. The summed E-state index contributed by atoms with van der Waals surface area (Å²) in [7, 11) is 4.30. The Morgan fingerprint density at radius 3 is 3.06 bits per heavy atom. The van der Waals surface area contributed by atoms with Crippen molar-refractivity contribution >= 4 is 5.82 Å². The van der Waals surface area contributed by atoms with Gasteiger partial charge in [0.15, 0.2) is 0 Å². The maximum absolute atomic E-state index is 5.64. The molecule has 0 aliphatic carbocycles. The normalized spacial score (nSPS) is 21.2. The van der Waals surface area contributed by atoms with E-state index in [1.54, 1.807) is 12.3 Å². The Morgan fingerprint density at radius 2 is 2.41 bits per heavy atom. The molecule has 1 aliphatic rings. The number of nitrogen functional groups attached to an aromatic ring is 1. The first-order valence-electron chi connectivity index (χ1n) is 6.08. The van der Waals surface area contributed by atoms with Crippen molar-refractivity contribution in [1.82, 2.24) is 19.8 Å². The van der Waals surface area contributed by atoms with E-state index in [9.17, 15) is 0 Å². The highest BCUT2D eigenvalue weighted by molar-refractivity contribution is 5.24. The molecule has 2 heterocycles. The number of hydrogen-bond acceptors (Lipinski definition) is 5. The third kappa shape index (κ3) is 3.64. The number of nitrogens with two attached hydrogens (primary N) is 1. The van der Waals surface area contributed by atoms with Gasteiger partial charge in [-0.25, -0.2) is 9.97 Å². The number of nitrogens with zero attached hydrogens (tertiary/aromatic N) is 4. The monoisotopic (exact) mass is 235 g/mol. The molecular formula is C12H21N5. The van der Waals surface area contributed by atoms with Crippen LogP contribution in [-0.2, 0) is 6.54 Å². The molecule has 17 heavy (non-hydrogen) atoms. The van der Waals surface area contributed by atoms with Gasteiger partial charge in [0.25, 0.3) is 0 Å². The molecule has 94 valence electrons. The Hall–Kier alpha value is -1.20. The highest BCUT2D eigenvalue weighted by atomic mass is 15.2. The maximum Gasteiger partial charge on any atom is 0.144 e. The first-order valence-corrected chi connectivity index (χ1v) is 6.08. The summed E-state index contributed by atoms with van der Waals surface area (Å²) < 4.78 is 0. The van der Waals surface area contributed by atoms with E-state index < -0.39 is 0 Å². The van der Waals surface area contributed by atoms with Crippen molar-refractivity contribution in [2.24, 2.45) is 5.92 Å². The summed E-state index contributed by atoms with van der Waals surface area (Å²) in [6.45, 7) is 4.28. The summed E-state index contributed by atoms with van der Waals surface area (Å²) in [4.78, 5) is 13.1. The molecule has 2 rings (SSSR count). The quantitative estimate of drug-likeness (QED) is 0.821. The van der Waals surface area contributed by atoms with Gasteiger partial charge in [0.2, 0.25) is 0 Å². The molecule has 0 amide bonds. The van der Waals surface area contributed by atoms with Gasteiger partial charge in [-0.15, -0.1) is 0 Å². The third-order valence-electron chi connectivity index (χ3n) is 3.20. The van der Waals surface area contributed by atoms with E-state index in [0.29, 0.717) is 5.82 Å². The zero-order chi connectivity index (χ0) is 12.3. The Labute approximate surface area is 103 Å². The molecule has 0 spiro atoms. The van der Waals surface area contributed by atoms with Crippen LogP contribution in [0.15, 0.2) is 12.3 Å². The van der Waals surface area contributed by atoms with Crippen molar-refractivity contribution in [3.8, 4) is 0 Å². The summed E-state index contributed by atoms with van der Waals surface area (Å²) in [6, 6.07) is 1.72. The molecule has 0 bridgehead atoms. The Bertz CT molecular complexity index is 368. The molecule has 1 atom stereocenters. The first-order chi connectivity index (χ1) is 8.13. The second-order valence-corrected chi connectivity index (χ2v) is 5.01. The fourth-order valence-corrected chi connectivity index (χ4v) is 2.41. The average Bonchev–Trinajstić information content (AvgIpc) is 2.63. The number of aromatic nitrogens is 2. The zero-order valence-corrected chi connectivity index (χ0v) is 10.6. The highest BCUT2D eigenvalue weighted by Gasteiger charge is 2.20. The largest absolute Gasteiger partial charge is 0.384 e. The van der Waals surface area contributed by atoms with Crippen LogP contribution >= 0.6 is 0 Å². The lowest BCUT2D eigenvalue weighted by atomic mass is 10.1. The molecule has 5 nitrogen and oxygen atoms in total. The Morgan fingerprint density at radius 1 is 1.59 bits per heavy atom. The molecule has 1 aliphatic heterocycles. The number of anilines is 1. The van der Waals surface area contributed by atoms with Crippen molar-refractivity contribution in [3.63, 3.8) is 0 Å². The van der Waals surface area contributed by atoms with Crippen LogP contribution in [-0.4, -0.2) is 53.5 Å². The second-order valence-electron chi connectivity index (χ2n) is 5.01. The SMILES string of the molecule is CN1CCC(CN(C)Cc2nccc(N)n2)C1. The standard InChI is InChI=1S/C12H21N5/c1-16-6-4-10(7-16)8-17(2)9-12-14-5-3-11(13)15-12/h3,5,10H,4,6-9H2,1-2H3,(H2,13,14,15). The molecule has 1 fully saturated rings. The summed E-state index contributed by atoms with van der Waals surface area (Å²) in [5.74, 6) is 2.12. The second kappa shape index (κ2) is 5.42. The van der Waals surface area contributed by atoms with Gasteiger partial charge < -0.3 is 10.6 Å². The summed E-state index contributed by atoms with van der Waals surface area (Å²) in [5.41, 5.74) is 5.64. The molecule has 5 heteroatoms. The van der Waals surface area contributed by atoms with Gasteiger partial charge in [-0.3, -0.25) is 4.90 Å².